The number of likely N-dealkylation sites (tertiary alicyclic amines) is 1. The third kappa shape index (κ3) is 6.49. The summed E-state index contributed by atoms with van der Waals surface area (Å²) in [7, 11) is 1.30. The molecule has 7 nitrogen and oxygen atoms in total. The maximum absolute atomic E-state index is 12.9. The Morgan fingerprint density at radius 2 is 1.81 bits per heavy atom. The van der Waals surface area contributed by atoms with Crippen LogP contribution in [0.2, 0.25) is 0 Å². The highest BCUT2D eigenvalue weighted by molar-refractivity contribution is 5.77. The number of nitriles is 1. The highest BCUT2D eigenvalue weighted by atomic mass is 19.4. The van der Waals surface area contributed by atoms with Crippen molar-refractivity contribution in [2.24, 2.45) is 5.41 Å². The molecule has 0 saturated carbocycles. The number of hydrogen-bond acceptors (Lipinski definition) is 6. The number of esters is 1. The maximum Gasteiger partial charge on any atom is 0.573 e. The molecule has 0 amide bonds. The van der Waals surface area contributed by atoms with E-state index in [2.05, 4.69) is 20.7 Å². The number of ether oxygens (including phenoxy) is 2. The number of hydrogen-bond donors (Lipinski definition) is 0. The molecule has 0 atom stereocenters. The van der Waals surface area contributed by atoms with Gasteiger partial charge in [0.1, 0.15) is 5.75 Å². The van der Waals surface area contributed by atoms with Gasteiger partial charge in [-0.3, -0.25) is 9.69 Å². The van der Waals surface area contributed by atoms with Crippen LogP contribution in [0.5, 0.6) is 5.75 Å². The highest BCUT2D eigenvalue weighted by Gasteiger charge is 2.43. The van der Waals surface area contributed by atoms with Crippen LogP contribution in [0.3, 0.4) is 0 Å². The fourth-order valence-electron chi connectivity index (χ4n) is 4.78. The zero-order chi connectivity index (χ0) is 26.5. The first-order valence-electron chi connectivity index (χ1n) is 11.8. The van der Waals surface area contributed by atoms with Crippen LogP contribution in [0.25, 0.3) is 0 Å². The van der Waals surface area contributed by atoms with E-state index in [0.717, 1.165) is 11.3 Å². The Labute approximate surface area is 213 Å². The summed E-state index contributed by atoms with van der Waals surface area (Å²) in [6.45, 7) is 2.36. The number of benzene rings is 2. The Morgan fingerprint density at radius 3 is 2.46 bits per heavy atom. The average molecular weight is 513 g/mol. The second-order valence-corrected chi connectivity index (χ2v) is 9.20. The van der Waals surface area contributed by atoms with Gasteiger partial charge in [0.15, 0.2) is 0 Å². The molecule has 1 saturated heterocycles. The molecule has 2 heterocycles. The number of nitrogens with zero attached hydrogens (tertiary/aromatic N) is 4. The predicted octanol–water partition coefficient (Wildman–Crippen LogP) is 4.70. The molecule has 0 N–H and O–H groups in total. The molecule has 3 aromatic rings. The molecule has 4 rings (SSSR count). The van der Waals surface area contributed by atoms with Crippen molar-refractivity contribution in [2.75, 3.05) is 20.2 Å². The second-order valence-electron chi connectivity index (χ2n) is 9.20. The van der Waals surface area contributed by atoms with E-state index in [1.807, 2.05) is 16.7 Å². The van der Waals surface area contributed by atoms with Crippen molar-refractivity contribution in [2.45, 2.75) is 38.7 Å². The first-order chi connectivity index (χ1) is 17.7. The lowest BCUT2D eigenvalue weighted by atomic mass is 9.73. The van der Waals surface area contributed by atoms with Gasteiger partial charge in [0.2, 0.25) is 0 Å². The number of halogens is 3. The van der Waals surface area contributed by atoms with Crippen molar-refractivity contribution >= 4 is 5.97 Å². The maximum atomic E-state index is 12.9. The van der Waals surface area contributed by atoms with Crippen molar-refractivity contribution in [3.05, 3.63) is 83.4 Å². The van der Waals surface area contributed by atoms with E-state index >= 15 is 0 Å². The summed E-state index contributed by atoms with van der Waals surface area (Å²) < 4.78 is 50.1. The number of methoxy groups -OCH3 is 1. The number of carbonyl (C=O) groups is 1. The summed E-state index contributed by atoms with van der Waals surface area (Å²) in [5, 5.41) is 8.99. The van der Waals surface area contributed by atoms with Crippen LogP contribution in [0.15, 0.2) is 61.1 Å². The standard InChI is InChI=1S/C27H27F3N4O3/c1-36-25(35)26(14-22-4-2-3-5-24(22)37-27(28,29)30)10-12-33(13-11-26)18-23-16-32-19-34(23)17-21-8-6-20(15-31)7-9-21/h2-9,16,19H,10-14,17-18H2,1H3. The number of imidazole rings is 1. The van der Waals surface area contributed by atoms with E-state index in [-0.39, 0.29) is 12.2 Å². The molecule has 0 bridgehead atoms. The van der Waals surface area contributed by atoms with Gasteiger partial charge in [0.25, 0.3) is 0 Å². The monoisotopic (exact) mass is 512 g/mol. The number of para-hydroxylation sites is 1. The third-order valence-corrected chi connectivity index (χ3v) is 6.78. The van der Waals surface area contributed by atoms with Crippen LogP contribution in [0.4, 0.5) is 13.2 Å². The molecule has 194 valence electrons. The summed E-state index contributed by atoms with van der Waals surface area (Å²) in [6, 6.07) is 15.4. The Kier molecular flexibility index (Phi) is 7.83. The molecule has 0 radical (unpaired) electrons. The minimum absolute atomic E-state index is 0.0936. The van der Waals surface area contributed by atoms with Gasteiger partial charge in [0.05, 0.1) is 36.2 Å². The van der Waals surface area contributed by atoms with Crippen molar-refractivity contribution in [1.82, 2.24) is 14.5 Å². The van der Waals surface area contributed by atoms with Crippen LogP contribution < -0.4 is 4.74 Å². The minimum Gasteiger partial charge on any atom is -0.469 e. The molecular formula is C27H27F3N4O3. The van der Waals surface area contributed by atoms with Crippen LogP contribution in [0, 0.1) is 16.7 Å². The highest BCUT2D eigenvalue weighted by Crippen LogP contribution is 2.40. The first-order valence-corrected chi connectivity index (χ1v) is 11.8. The van der Waals surface area contributed by atoms with E-state index in [1.165, 1.54) is 19.2 Å². The third-order valence-electron chi connectivity index (χ3n) is 6.78. The van der Waals surface area contributed by atoms with Gasteiger partial charge in [-0.05, 0) is 61.7 Å². The lowest BCUT2D eigenvalue weighted by Gasteiger charge is -2.40. The molecule has 37 heavy (non-hydrogen) atoms. The van der Waals surface area contributed by atoms with Crippen molar-refractivity contribution in [1.29, 1.82) is 5.26 Å². The van der Waals surface area contributed by atoms with Gasteiger partial charge in [-0.2, -0.15) is 5.26 Å². The quantitative estimate of drug-likeness (QED) is 0.407. The van der Waals surface area contributed by atoms with Gasteiger partial charge in [-0.1, -0.05) is 30.3 Å². The molecule has 2 aromatic carbocycles. The summed E-state index contributed by atoms with van der Waals surface area (Å²) in [4.78, 5) is 19.4. The molecular weight excluding hydrogens is 485 g/mol. The number of rotatable bonds is 8. The summed E-state index contributed by atoms with van der Waals surface area (Å²) in [5.74, 6) is -0.729. The van der Waals surface area contributed by atoms with E-state index in [4.69, 9.17) is 10.00 Å². The van der Waals surface area contributed by atoms with Gasteiger partial charge in [-0.15, -0.1) is 13.2 Å². The average Bonchev–Trinajstić information content (AvgIpc) is 3.31. The molecule has 0 spiro atoms. The molecule has 1 fully saturated rings. The lowest BCUT2D eigenvalue weighted by Crippen LogP contribution is -2.46. The second kappa shape index (κ2) is 11.0. The predicted molar refractivity (Wildman–Crippen MR) is 128 cm³/mol. The molecule has 1 aliphatic heterocycles. The molecule has 10 heteroatoms. The van der Waals surface area contributed by atoms with E-state index < -0.39 is 17.7 Å². The van der Waals surface area contributed by atoms with Gasteiger partial charge >= 0.3 is 12.3 Å². The number of carbonyl (C=O) groups excluding carboxylic acids is 1. The van der Waals surface area contributed by atoms with Crippen molar-refractivity contribution < 1.29 is 27.4 Å². The van der Waals surface area contributed by atoms with E-state index in [0.29, 0.717) is 50.1 Å². The Hall–Kier alpha value is -3.84. The first kappa shape index (κ1) is 26.2. The minimum atomic E-state index is -4.82. The Balaban J connectivity index is 1.44. The topological polar surface area (TPSA) is 80.4 Å². The van der Waals surface area contributed by atoms with Crippen LogP contribution in [-0.2, 0) is 29.0 Å². The fraction of sp³-hybridized carbons (Fsp3) is 0.370. The van der Waals surface area contributed by atoms with Gasteiger partial charge in [-0.25, -0.2) is 4.98 Å². The SMILES string of the molecule is COC(=O)C1(Cc2ccccc2OC(F)(F)F)CCN(Cc2cncn2Cc2ccc(C#N)cc2)CC1. The Morgan fingerprint density at radius 1 is 1.11 bits per heavy atom. The smallest absolute Gasteiger partial charge is 0.469 e. The zero-order valence-electron chi connectivity index (χ0n) is 20.4. The number of piperidine rings is 1. The Bertz CT molecular complexity index is 1260. The van der Waals surface area contributed by atoms with Crippen LogP contribution >= 0.6 is 0 Å². The summed E-state index contributed by atoms with van der Waals surface area (Å²) >= 11 is 0. The van der Waals surface area contributed by atoms with Crippen molar-refractivity contribution in [3.8, 4) is 11.8 Å². The molecule has 0 aliphatic carbocycles. The number of aromatic nitrogens is 2. The number of alkyl halides is 3. The largest absolute Gasteiger partial charge is 0.573 e. The fourth-order valence-corrected chi connectivity index (χ4v) is 4.78. The summed E-state index contributed by atoms with van der Waals surface area (Å²) in [5.41, 5.74) is 2.02. The normalized spacial score (nSPS) is 15.6. The summed E-state index contributed by atoms with van der Waals surface area (Å²) in [6.07, 6.45) is -0.299. The van der Waals surface area contributed by atoms with Crippen molar-refractivity contribution in [3.63, 3.8) is 0 Å². The molecule has 1 aliphatic rings. The molecule has 1 aromatic heterocycles. The van der Waals surface area contributed by atoms with E-state index in [1.54, 1.807) is 36.8 Å². The molecule has 0 unspecified atom stereocenters. The van der Waals surface area contributed by atoms with Gasteiger partial charge < -0.3 is 14.0 Å². The van der Waals surface area contributed by atoms with Crippen LogP contribution in [0.1, 0.15) is 35.2 Å². The van der Waals surface area contributed by atoms with E-state index in [9.17, 15) is 18.0 Å². The zero-order valence-corrected chi connectivity index (χ0v) is 20.4. The van der Waals surface area contributed by atoms with Crippen LogP contribution in [-0.4, -0.2) is 47.0 Å². The lowest BCUT2D eigenvalue weighted by molar-refractivity contribution is -0.275. The van der Waals surface area contributed by atoms with Gasteiger partial charge in [0, 0.05) is 19.3 Å².